The normalized spacial score (nSPS) is 16.0. The van der Waals surface area contributed by atoms with Crippen molar-refractivity contribution >= 4 is 23.3 Å². The summed E-state index contributed by atoms with van der Waals surface area (Å²) in [5.41, 5.74) is 0.447. The SMILES string of the molecule is CCC(CC)C(CNC(=O)C(=O)Cc1ccc(Cl)c(F)c1)N1CCCC1. The first-order valence-electron chi connectivity index (χ1n) is 9.45. The molecule has 144 valence electrons. The van der Waals surface area contributed by atoms with Gasteiger partial charge in [-0.3, -0.25) is 14.5 Å². The van der Waals surface area contributed by atoms with Crippen LogP contribution in [0.4, 0.5) is 4.39 Å². The number of carbonyl (C=O) groups is 2. The standard InChI is InChI=1S/C20H28ClFN2O2/c1-3-15(4-2)18(24-9-5-6-10-24)13-23-20(26)19(25)12-14-7-8-16(21)17(22)11-14/h7-8,11,15,18H,3-6,9-10,12-13H2,1-2H3,(H,23,26). The van der Waals surface area contributed by atoms with Gasteiger partial charge in [-0.2, -0.15) is 0 Å². The molecule has 1 unspecified atom stereocenters. The second kappa shape index (κ2) is 10.0. The van der Waals surface area contributed by atoms with E-state index in [2.05, 4.69) is 24.1 Å². The molecule has 1 aliphatic heterocycles. The van der Waals surface area contributed by atoms with Gasteiger partial charge in [0.1, 0.15) is 5.82 Å². The smallest absolute Gasteiger partial charge is 0.287 e. The molecule has 1 aromatic rings. The lowest BCUT2D eigenvalue weighted by atomic mass is 9.93. The minimum atomic E-state index is -0.601. The largest absolute Gasteiger partial charge is 0.348 e. The number of benzene rings is 1. The van der Waals surface area contributed by atoms with Crippen LogP contribution in [0, 0.1) is 11.7 Å². The van der Waals surface area contributed by atoms with Gasteiger partial charge in [-0.05, 0) is 49.5 Å². The molecule has 6 heteroatoms. The number of amides is 1. The second-order valence-corrected chi connectivity index (χ2v) is 7.35. The fourth-order valence-corrected chi connectivity index (χ4v) is 3.83. The quantitative estimate of drug-likeness (QED) is 0.664. The molecule has 1 aromatic carbocycles. The zero-order valence-electron chi connectivity index (χ0n) is 15.6. The van der Waals surface area contributed by atoms with Crippen molar-refractivity contribution in [3.63, 3.8) is 0 Å². The van der Waals surface area contributed by atoms with Crippen LogP contribution in [0.3, 0.4) is 0 Å². The Morgan fingerprint density at radius 1 is 1.23 bits per heavy atom. The van der Waals surface area contributed by atoms with Gasteiger partial charge in [-0.15, -0.1) is 0 Å². The highest BCUT2D eigenvalue weighted by Gasteiger charge is 2.28. The molecule has 1 saturated heterocycles. The van der Waals surface area contributed by atoms with E-state index in [1.807, 2.05) is 0 Å². The first-order chi connectivity index (χ1) is 12.5. The van der Waals surface area contributed by atoms with Gasteiger partial charge in [0.2, 0.25) is 5.78 Å². The zero-order valence-corrected chi connectivity index (χ0v) is 16.3. The minimum absolute atomic E-state index is 0.00396. The van der Waals surface area contributed by atoms with Gasteiger partial charge >= 0.3 is 0 Å². The Balaban J connectivity index is 1.93. The van der Waals surface area contributed by atoms with Crippen molar-refractivity contribution in [3.05, 3.63) is 34.6 Å². The zero-order chi connectivity index (χ0) is 19.1. The average molecular weight is 383 g/mol. The van der Waals surface area contributed by atoms with Crippen LogP contribution in [-0.4, -0.2) is 42.3 Å². The third-order valence-electron chi connectivity index (χ3n) is 5.28. The summed E-state index contributed by atoms with van der Waals surface area (Å²) in [5, 5.41) is 2.81. The maximum absolute atomic E-state index is 13.5. The predicted molar refractivity (Wildman–Crippen MR) is 102 cm³/mol. The van der Waals surface area contributed by atoms with E-state index >= 15 is 0 Å². The van der Waals surface area contributed by atoms with Crippen LogP contribution in [0.25, 0.3) is 0 Å². The highest BCUT2D eigenvalue weighted by Crippen LogP contribution is 2.22. The molecular formula is C20H28ClFN2O2. The molecule has 1 N–H and O–H groups in total. The minimum Gasteiger partial charge on any atom is -0.348 e. The maximum atomic E-state index is 13.5. The number of Topliss-reactive ketones (excluding diaryl/α,β-unsaturated/α-hetero) is 1. The fraction of sp³-hybridized carbons (Fsp3) is 0.600. The molecule has 0 spiro atoms. The molecule has 0 saturated carbocycles. The van der Waals surface area contributed by atoms with Gasteiger partial charge in [0.05, 0.1) is 5.02 Å². The first kappa shape index (κ1) is 20.8. The summed E-state index contributed by atoms with van der Waals surface area (Å²) >= 11 is 5.64. The van der Waals surface area contributed by atoms with Crippen molar-refractivity contribution in [1.82, 2.24) is 10.2 Å². The molecule has 2 rings (SSSR count). The summed E-state index contributed by atoms with van der Waals surface area (Å²) in [6.07, 6.45) is 4.34. The van der Waals surface area contributed by atoms with E-state index in [0.717, 1.165) is 25.9 Å². The van der Waals surface area contributed by atoms with Gasteiger partial charge in [0.25, 0.3) is 5.91 Å². The van der Waals surface area contributed by atoms with Crippen LogP contribution < -0.4 is 5.32 Å². The number of likely N-dealkylation sites (tertiary alicyclic amines) is 1. The van der Waals surface area contributed by atoms with Crippen LogP contribution >= 0.6 is 11.6 Å². The van der Waals surface area contributed by atoms with Crippen LogP contribution in [-0.2, 0) is 16.0 Å². The highest BCUT2D eigenvalue weighted by molar-refractivity contribution is 6.36. The van der Waals surface area contributed by atoms with Crippen molar-refractivity contribution in [2.24, 2.45) is 5.92 Å². The van der Waals surface area contributed by atoms with E-state index in [9.17, 15) is 14.0 Å². The summed E-state index contributed by atoms with van der Waals surface area (Å²) in [4.78, 5) is 26.8. The predicted octanol–water partition coefficient (Wildman–Crippen LogP) is 3.61. The summed E-state index contributed by atoms with van der Waals surface area (Å²) < 4.78 is 13.5. The van der Waals surface area contributed by atoms with E-state index in [-0.39, 0.29) is 17.5 Å². The van der Waals surface area contributed by atoms with E-state index in [4.69, 9.17) is 11.6 Å². The Bertz CT molecular complexity index is 626. The van der Waals surface area contributed by atoms with E-state index in [1.165, 1.54) is 25.0 Å². The molecule has 4 nitrogen and oxygen atoms in total. The first-order valence-corrected chi connectivity index (χ1v) is 9.83. The van der Waals surface area contributed by atoms with E-state index < -0.39 is 17.5 Å². The number of nitrogens with zero attached hydrogens (tertiary/aromatic N) is 1. The Morgan fingerprint density at radius 2 is 1.88 bits per heavy atom. The Labute approximate surface area is 160 Å². The van der Waals surface area contributed by atoms with Crippen LogP contribution in [0.15, 0.2) is 18.2 Å². The van der Waals surface area contributed by atoms with Crippen LogP contribution in [0.5, 0.6) is 0 Å². The van der Waals surface area contributed by atoms with Gasteiger partial charge in [-0.1, -0.05) is 44.4 Å². The van der Waals surface area contributed by atoms with Crippen LogP contribution in [0.1, 0.15) is 45.1 Å². The van der Waals surface area contributed by atoms with E-state index in [0.29, 0.717) is 18.0 Å². The van der Waals surface area contributed by atoms with Crippen molar-refractivity contribution in [1.29, 1.82) is 0 Å². The molecule has 0 aromatic heterocycles. The van der Waals surface area contributed by atoms with Gasteiger partial charge in [0.15, 0.2) is 0 Å². The topological polar surface area (TPSA) is 49.4 Å². The van der Waals surface area contributed by atoms with Gasteiger partial charge in [-0.25, -0.2) is 4.39 Å². The summed E-state index contributed by atoms with van der Waals surface area (Å²) in [6.45, 7) is 6.91. The number of nitrogens with one attached hydrogen (secondary N) is 1. The number of ketones is 1. The van der Waals surface area contributed by atoms with E-state index in [1.54, 1.807) is 6.07 Å². The Morgan fingerprint density at radius 3 is 2.46 bits per heavy atom. The molecule has 26 heavy (non-hydrogen) atoms. The fourth-order valence-electron chi connectivity index (χ4n) is 3.71. The average Bonchev–Trinajstić information content (AvgIpc) is 3.15. The Hall–Kier alpha value is -1.46. The molecule has 1 heterocycles. The molecule has 1 amide bonds. The van der Waals surface area contributed by atoms with Crippen molar-refractivity contribution in [2.45, 2.75) is 52.0 Å². The highest BCUT2D eigenvalue weighted by atomic mass is 35.5. The lowest BCUT2D eigenvalue weighted by Gasteiger charge is -2.33. The number of rotatable bonds is 9. The molecule has 0 bridgehead atoms. The molecule has 1 atom stereocenters. The molecule has 1 aliphatic rings. The molecule has 1 fully saturated rings. The lowest BCUT2D eigenvalue weighted by Crippen LogP contribution is -2.48. The molecular weight excluding hydrogens is 355 g/mol. The maximum Gasteiger partial charge on any atom is 0.287 e. The third kappa shape index (κ3) is 5.52. The van der Waals surface area contributed by atoms with Crippen molar-refractivity contribution in [3.8, 4) is 0 Å². The number of halogens is 2. The number of hydrogen-bond donors (Lipinski definition) is 1. The summed E-state index contributed by atoms with van der Waals surface area (Å²) in [6, 6.07) is 4.42. The summed E-state index contributed by atoms with van der Waals surface area (Å²) in [7, 11) is 0. The third-order valence-corrected chi connectivity index (χ3v) is 5.58. The van der Waals surface area contributed by atoms with Crippen molar-refractivity contribution in [2.75, 3.05) is 19.6 Å². The van der Waals surface area contributed by atoms with Gasteiger partial charge in [0, 0.05) is 19.0 Å². The lowest BCUT2D eigenvalue weighted by molar-refractivity contribution is -0.137. The summed E-state index contributed by atoms with van der Waals surface area (Å²) in [5.74, 6) is -1.25. The molecule has 0 radical (unpaired) electrons. The number of carbonyl (C=O) groups excluding carboxylic acids is 2. The van der Waals surface area contributed by atoms with Gasteiger partial charge < -0.3 is 5.32 Å². The van der Waals surface area contributed by atoms with Crippen LogP contribution in [0.2, 0.25) is 5.02 Å². The van der Waals surface area contributed by atoms with Crippen molar-refractivity contribution < 1.29 is 14.0 Å². The Kier molecular flexibility index (Phi) is 8.04. The number of hydrogen-bond acceptors (Lipinski definition) is 3. The molecule has 0 aliphatic carbocycles. The monoisotopic (exact) mass is 382 g/mol. The second-order valence-electron chi connectivity index (χ2n) is 6.95.